The second-order valence-corrected chi connectivity index (χ2v) is 9.02. The van der Waals surface area contributed by atoms with Crippen molar-refractivity contribution in [2.45, 2.75) is 70.5 Å². The summed E-state index contributed by atoms with van der Waals surface area (Å²) < 4.78 is 0. The minimum Gasteiger partial charge on any atom is -0.387 e. The first-order chi connectivity index (χ1) is 12.7. The zero-order valence-electron chi connectivity index (χ0n) is 16.8. The first-order valence-electron chi connectivity index (χ1n) is 9.76. The van der Waals surface area contributed by atoms with Crippen molar-refractivity contribution in [3.63, 3.8) is 0 Å². The highest BCUT2D eigenvalue weighted by Gasteiger charge is 2.37. The molecule has 0 aromatic heterocycles. The van der Waals surface area contributed by atoms with Crippen LogP contribution < -0.4 is 15.5 Å². The van der Waals surface area contributed by atoms with Gasteiger partial charge in [-0.15, -0.1) is 0 Å². The van der Waals surface area contributed by atoms with Gasteiger partial charge in [-0.1, -0.05) is 18.2 Å². The molecule has 2 heterocycles. The summed E-state index contributed by atoms with van der Waals surface area (Å²) in [5.41, 5.74) is 2.29. The fourth-order valence-corrected chi connectivity index (χ4v) is 4.67. The molecule has 0 bridgehead atoms. The van der Waals surface area contributed by atoms with Crippen LogP contribution in [0.1, 0.15) is 52.5 Å². The summed E-state index contributed by atoms with van der Waals surface area (Å²) in [5.74, 6) is -0.218. The van der Waals surface area contributed by atoms with E-state index in [1.165, 1.54) is 5.56 Å². The standard InChI is InChI=1S/C22H30N4O/c1-21(2)12-18(13-22(3,4)25-21)24-15-17(14-23)20(27)26-11-7-9-16-8-5-6-10-19(16)26/h5-6,8,10,15,18,24-25H,7,9,11-13H2,1-4H3/b17-15-. The molecule has 27 heavy (non-hydrogen) atoms. The number of amides is 1. The number of nitrogens with zero attached hydrogens (tertiary/aromatic N) is 2. The number of hydrogen-bond acceptors (Lipinski definition) is 4. The van der Waals surface area contributed by atoms with Crippen molar-refractivity contribution in [1.82, 2.24) is 10.6 Å². The summed E-state index contributed by atoms with van der Waals surface area (Å²) in [6.07, 6.45) is 5.40. The molecule has 5 heteroatoms. The number of carbonyl (C=O) groups is 1. The van der Waals surface area contributed by atoms with Crippen LogP contribution in [0.3, 0.4) is 0 Å². The Morgan fingerprint density at radius 1 is 1.26 bits per heavy atom. The van der Waals surface area contributed by atoms with Crippen LogP contribution in [0.25, 0.3) is 0 Å². The number of nitriles is 1. The number of benzene rings is 1. The summed E-state index contributed by atoms with van der Waals surface area (Å²) >= 11 is 0. The highest BCUT2D eigenvalue weighted by molar-refractivity contribution is 6.08. The molecule has 2 aliphatic heterocycles. The SMILES string of the molecule is CC1(C)CC(N/C=C(/C#N)C(=O)N2CCCc3ccccc32)CC(C)(C)N1. The number of carbonyl (C=O) groups excluding carboxylic acids is 1. The summed E-state index contributed by atoms with van der Waals surface area (Å²) in [5, 5.41) is 16.6. The molecule has 0 unspecified atom stereocenters. The number of rotatable bonds is 3. The third-order valence-corrected chi connectivity index (χ3v) is 5.36. The van der Waals surface area contributed by atoms with Gasteiger partial charge in [0.2, 0.25) is 0 Å². The maximum Gasteiger partial charge on any atom is 0.270 e. The predicted molar refractivity (Wildman–Crippen MR) is 108 cm³/mol. The first kappa shape index (κ1) is 19.4. The van der Waals surface area contributed by atoms with E-state index >= 15 is 0 Å². The Hall–Kier alpha value is -2.32. The monoisotopic (exact) mass is 366 g/mol. The summed E-state index contributed by atoms with van der Waals surface area (Å²) in [4.78, 5) is 14.7. The number of fused-ring (bicyclic) bond motifs is 1. The summed E-state index contributed by atoms with van der Waals surface area (Å²) in [6, 6.07) is 10.3. The van der Waals surface area contributed by atoms with Gasteiger partial charge in [-0.2, -0.15) is 5.26 Å². The molecular weight excluding hydrogens is 336 g/mol. The lowest BCUT2D eigenvalue weighted by Gasteiger charge is -2.46. The van der Waals surface area contributed by atoms with Crippen LogP contribution in [0.4, 0.5) is 5.69 Å². The molecule has 2 N–H and O–H groups in total. The Morgan fingerprint density at radius 3 is 2.59 bits per heavy atom. The Morgan fingerprint density at radius 2 is 1.93 bits per heavy atom. The van der Waals surface area contributed by atoms with Gasteiger partial charge in [-0.25, -0.2) is 0 Å². The Kier molecular flexibility index (Phi) is 5.30. The van der Waals surface area contributed by atoms with Gasteiger partial charge >= 0.3 is 0 Å². The maximum absolute atomic E-state index is 13.0. The van der Waals surface area contributed by atoms with E-state index in [4.69, 9.17) is 0 Å². The van der Waals surface area contributed by atoms with Crippen LogP contribution in [0.15, 0.2) is 36.0 Å². The van der Waals surface area contributed by atoms with Crippen molar-refractivity contribution in [3.8, 4) is 6.07 Å². The normalized spacial score (nSPS) is 21.9. The van der Waals surface area contributed by atoms with Crippen LogP contribution in [0.2, 0.25) is 0 Å². The van der Waals surface area contributed by atoms with E-state index in [2.05, 4.69) is 50.5 Å². The highest BCUT2D eigenvalue weighted by Crippen LogP contribution is 2.29. The fourth-order valence-electron chi connectivity index (χ4n) is 4.67. The zero-order chi connectivity index (χ0) is 19.7. The van der Waals surface area contributed by atoms with Crippen molar-refractivity contribution in [1.29, 1.82) is 5.26 Å². The molecule has 1 saturated heterocycles. The van der Waals surface area contributed by atoms with Crippen LogP contribution in [-0.4, -0.2) is 29.6 Å². The van der Waals surface area contributed by atoms with Gasteiger partial charge < -0.3 is 15.5 Å². The van der Waals surface area contributed by atoms with Crippen molar-refractivity contribution < 1.29 is 4.79 Å². The number of piperidine rings is 1. The van der Waals surface area contributed by atoms with Gasteiger partial charge in [-0.3, -0.25) is 4.79 Å². The Labute approximate surface area is 162 Å². The molecule has 1 aromatic carbocycles. The molecule has 0 aliphatic carbocycles. The largest absolute Gasteiger partial charge is 0.387 e. The molecule has 0 spiro atoms. The predicted octanol–water partition coefficient (Wildman–Crippen LogP) is 3.27. The van der Waals surface area contributed by atoms with Gasteiger partial charge in [0.05, 0.1) is 0 Å². The quantitative estimate of drug-likeness (QED) is 0.636. The molecule has 0 radical (unpaired) electrons. The molecule has 0 saturated carbocycles. The minimum atomic E-state index is -0.218. The van der Waals surface area contributed by atoms with Gasteiger partial charge in [0.15, 0.2) is 0 Å². The number of para-hydroxylation sites is 1. The topological polar surface area (TPSA) is 68.2 Å². The van der Waals surface area contributed by atoms with Crippen molar-refractivity contribution in [2.24, 2.45) is 0 Å². The average molecular weight is 367 g/mol. The van der Waals surface area contributed by atoms with E-state index < -0.39 is 0 Å². The lowest BCUT2D eigenvalue weighted by Crippen LogP contribution is -2.61. The molecule has 2 aliphatic rings. The van der Waals surface area contributed by atoms with Crippen LogP contribution >= 0.6 is 0 Å². The Balaban J connectivity index is 1.76. The summed E-state index contributed by atoms with van der Waals surface area (Å²) in [6.45, 7) is 9.41. The zero-order valence-corrected chi connectivity index (χ0v) is 16.8. The molecule has 1 amide bonds. The minimum absolute atomic E-state index is 0.00980. The molecular formula is C22H30N4O. The van der Waals surface area contributed by atoms with Gasteiger partial charge in [0.1, 0.15) is 11.6 Å². The highest BCUT2D eigenvalue weighted by atomic mass is 16.2. The lowest BCUT2D eigenvalue weighted by molar-refractivity contribution is -0.114. The van der Waals surface area contributed by atoms with Crippen molar-refractivity contribution in [3.05, 3.63) is 41.6 Å². The van der Waals surface area contributed by atoms with Gasteiger partial charge in [0, 0.05) is 35.6 Å². The molecule has 0 atom stereocenters. The van der Waals surface area contributed by atoms with E-state index in [-0.39, 0.29) is 28.6 Å². The number of nitrogens with one attached hydrogen (secondary N) is 2. The van der Waals surface area contributed by atoms with Crippen LogP contribution in [0.5, 0.6) is 0 Å². The smallest absolute Gasteiger partial charge is 0.270 e. The van der Waals surface area contributed by atoms with Crippen LogP contribution in [0, 0.1) is 11.3 Å². The molecule has 5 nitrogen and oxygen atoms in total. The number of aryl methyl sites for hydroxylation is 1. The third kappa shape index (κ3) is 4.51. The van der Waals surface area contributed by atoms with E-state index in [1.54, 1.807) is 11.1 Å². The first-order valence-corrected chi connectivity index (χ1v) is 9.76. The van der Waals surface area contributed by atoms with Crippen molar-refractivity contribution >= 4 is 11.6 Å². The molecule has 1 aromatic rings. The molecule has 3 rings (SSSR count). The van der Waals surface area contributed by atoms with Gasteiger partial charge in [-0.05, 0) is 65.0 Å². The Bertz CT molecular complexity index is 772. The van der Waals surface area contributed by atoms with E-state index in [0.29, 0.717) is 6.54 Å². The van der Waals surface area contributed by atoms with E-state index in [9.17, 15) is 10.1 Å². The van der Waals surface area contributed by atoms with Crippen LogP contribution in [-0.2, 0) is 11.2 Å². The number of hydrogen-bond donors (Lipinski definition) is 2. The lowest BCUT2D eigenvalue weighted by atomic mass is 9.79. The number of anilines is 1. The van der Waals surface area contributed by atoms with E-state index in [1.807, 2.05) is 18.2 Å². The third-order valence-electron chi connectivity index (χ3n) is 5.36. The molecule has 144 valence electrons. The molecule has 1 fully saturated rings. The van der Waals surface area contributed by atoms with Crippen molar-refractivity contribution in [2.75, 3.05) is 11.4 Å². The fraction of sp³-hybridized carbons (Fsp3) is 0.545. The van der Waals surface area contributed by atoms with Gasteiger partial charge in [0.25, 0.3) is 5.91 Å². The second-order valence-electron chi connectivity index (χ2n) is 9.02. The van der Waals surface area contributed by atoms with E-state index in [0.717, 1.165) is 31.4 Å². The summed E-state index contributed by atoms with van der Waals surface area (Å²) in [7, 11) is 0. The average Bonchev–Trinajstić information content (AvgIpc) is 2.59. The second kappa shape index (κ2) is 7.36. The maximum atomic E-state index is 13.0.